The molecule has 0 radical (unpaired) electrons. The van der Waals surface area contributed by atoms with Gasteiger partial charge in [0.2, 0.25) is 10.0 Å². The van der Waals surface area contributed by atoms with Crippen LogP contribution < -0.4 is 0 Å². The highest BCUT2D eigenvalue weighted by Crippen LogP contribution is 2.08. The number of hydrogen-bond acceptors (Lipinski definition) is 3. The number of hydrogen-bond donors (Lipinski definition) is 0. The molecule has 15 heavy (non-hydrogen) atoms. The van der Waals surface area contributed by atoms with E-state index in [1.165, 1.54) is 4.31 Å². The van der Waals surface area contributed by atoms with Crippen molar-refractivity contribution in [3.8, 4) is 0 Å². The van der Waals surface area contributed by atoms with Gasteiger partial charge in [0.1, 0.15) is 5.78 Å². The van der Waals surface area contributed by atoms with Gasteiger partial charge >= 0.3 is 0 Å². The number of carbonyl (C=O) groups excluding carboxylic acids is 1. The van der Waals surface area contributed by atoms with Gasteiger partial charge in [-0.1, -0.05) is 13.8 Å². The first-order chi connectivity index (χ1) is 6.64. The lowest BCUT2D eigenvalue weighted by molar-refractivity contribution is -0.120. The van der Waals surface area contributed by atoms with E-state index >= 15 is 0 Å². The Kier molecular flexibility index (Phi) is 5.45. The average molecular weight is 235 g/mol. The SMILES string of the molecule is CC(C)CC(=O)CN(C(C)C)S(C)(=O)=O. The third kappa shape index (κ3) is 5.89. The monoisotopic (exact) mass is 235 g/mol. The second kappa shape index (κ2) is 5.61. The van der Waals surface area contributed by atoms with Gasteiger partial charge in [0.05, 0.1) is 12.8 Å². The highest BCUT2D eigenvalue weighted by Gasteiger charge is 2.22. The van der Waals surface area contributed by atoms with E-state index in [9.17, 15) is 13.2 Å². The first-order valence-electron chi connectivity index (χ1n) is 5.13. The van der Waals surface area contributed by atoms with Crippen LogP contribution in [0.15, 0.2) is 0 Å². The van der Waals surface area contributed by atoms with E-state index in [2.05, 4.69) is 0 Å². The van der Waals surface area contributed by atoms with Gasteiger partial charge in [-0.25, -0.2) is 8.42 Å². The largest absolute Gasteiger partial charge is 0.298 e. The van der Waals surface area contributed by atoms with Crippen LogP contribution in [0.4, 0.5) is 0 Å². The van der Waals surface area contributed by atoms with Crippen LogP contribution in [0.1, 0.15) is 34.1 Å². The molecule has 0 saturated heterocycles. The second-order valence-electron chi connectivity index (χ2n) is 4.54. The van der Waals surface area contributed by atoms with Crippen molar-refractivity contribution in [1.82, 2.24) is 4.31 Å². The topological polar surface area (TPSA) is 54.5 Å². The maximum Gasteiger partial charge on any atom is 0.211 e. The third-order valence-corrected chi connectivity index (χ3v) is 3.37. The molecule has 0 saturated carbocycles. The van der Waals surface area contributed by atoms with Crippen LogP contribution in [0.3, 0.4) is 0 Å². The number of Topliss-reactive ketones (excluding diaryl/α,β-unsaturated/α-hetero) is 1. The first-order valence-corrected chi connectivity index (χ1v) is 6.98. The normalized spacial score (nSPS) is 12.8. The van der Waals surface area contributed by atoms with Gasteiger partial charge in [0.15, 0.2) is 0 Å². The average Bonchev–Trinajstić information content (AvgIpc) is 1.95. The van der Waals surface area contributed by atoms with E-state index in [0.29, 0.717) is 6.42 Å². The van der Waals surface area contributed by atoms with Gasteiger partial charge in [0, 0.05) is 12.5 Å². The minimum Gasteiger partial charge on any atom is -0.298 e. The van der Waals surface area contributed by atoms with E-state index < -0.39 is 10.0 Å². The Morgan fingerprint density at radius 2 is 1.67 bits per heavy atom. The van der Waals surface area contributed by atoms with E-state index in [4.69, 9.17) is 0 Å². The Hall–Kier alpha value is -0.420. The summed E-state index contributed by atoms with van der Waals surface area (Å²) >= 11 is 0. The van der Waals surface area contributed by atoms with E-state index in [1.54, 1.807) is 13.8 Å². The van der Waals surface area contributed by atoms with Gasteiger partial charge in [-0.2, -0.15) is 4.31 Å². The molecule has 0 aromatic rings. The minimum absolute atomic E-state index is 0.00528. The van der Waals surface area contributed by atoms with Gasteiger partial charge in [-0.05, 0) is 19.8 Å². The molecule has 5 heteroatoms. The van der Waals surface area contributed by atoms with Crippen LogP contribution in [-0.4, -0.2) is 37.3 Å². The van der Waals surface area contributed by atoms with Crippen LogP contribution >= 0.6 is 0 Å². The predicted molar refractivity (Wildman–Crippen MR) is 61.1 cm³/mol. The Morgan fingerprint density at radius 3 is 1.93 bits per heavy atom. The summed E-state index contributed by atoms with van der Waals surface area (Å²) in [5.74, 6) is 0.246. The van der Waals surface area contributed by atoms with Gasteiger partial charge in [-0.3, -0.25) is 4.79 Å². The van der Waals surface area contributed by atoms with Crippen molar-refractivity contribution in [2.75, 3.05) is 12.8 Å². The highest BCUT2D eigenvalue weighted by atomic mass is 32.2. The molecule has 0 aliphatic heterocycles. The molecule has 0 N–H and O–H groups in total. The minimum atomic E-state index is -3.28. The molecule has 0 rings (SSSR count). The fourth-order valence-corrected chi connectivity index (χ4v) is 2.52. The van der Waals surface area contributed by atoms with Crippen molar-refractivity contribution in [1.29, 1.82) is 0 Å². The van der Waals surface area contributed by atoms with Crippen molar-refractivity contribution < 1.29 is 13.2 Å². The molecule has 0 aromatic heterocycles. The summed E-state index contributed by atoms with van der Waals surface area (Å²) in [4.78, 5) is 11.5. The molecule has 0 unspecified atom stereocenters. The molecule has 0 aliphatic rings. The van der Waals surface area contributed by atoms with Gasteiger partial charge in [-0.15, -0.1) is 0 Å². The number of nitrogens with zero attached hydrogens (tertiary/aromatic N) is 1. The Bertz CT molecular complexity index is 307. The van der Waals surface area contributed by atoms with Gasteiger partial charge in [0.25, 0.3) is 0 Å². The lowest BCUT2D eigenvalue weighted by Gasteiger charge is -2.23. The zero-order chi connectivity index (χ0) is 12.2. The zero-order valence-corrected chi connectivity index (χ0v) is 11.0. The lowest BCUT2D eigenvalue weighted by Crippen LogP contribution is -2.40. The summed E-state index contributed by atoms with van der Waals surface area (Å²) in [5, 5.41) is 0. The van der Waals surface area contributed by atoms with Crippen LogP contribution in [0.2, 0.25) is 0 Å². The van der Waals surface area contributed by atoms with E-state index in [1.807, 2.05) is 13.8 Å². The zero-order valence-electron chi connectivity index (χ0n) is 10.1. The molecule has 0 amide bonds. The molecule has 0 bridgehead atoms. The molecular weight excluding hydrogens is 214 g/mol. The summed E-state index contributed by atoms with van der Waals surface area (Å²) in [6, 6.07) is -0.170. The highest BCUT2D eigenvalue weighted by molar-refractivity contribution is 7.88. The fraction of sp³-hybridized carbons (Fsp3) is 0.900. The maximum atomic E-state index is 11.5. The standard InChI is InChI=1S/C10H21NO3S/c1-8(2)6-10(12)7-11(9(3)4)15(5,13)14/h8-9H,6-7H2,1-5H3. The van der Waals surface area contributed by atoms with Crippen molar-refractivity contribution in [3.63, 3.8) is 0 Å². The summed E-state index contributed by atoms with van der Waals surface area (Å²) < 4.78 is 24.0. The summed E-state index contributed by atoms with van der Waals surface area (Å²) in [6.45, 7) is 7.41. The second-order valence-corrected chi connectivity index (χ2v) is 6.47. The first kappa shape index (κ1) is 14.6. The number of carbonyl (C=O) groups is 1. The lowest BCUT2D eigenvalue weighted by atomic mass is 10.1. The number of ketones is 1. The Labute approximate surface area is 92.7 Å². The quantitative estimate of drug-likeness (QED) is 0.696. The molecule has 0 fully saturated rings. The van der Waals surface area contributed by atoms with Crippen LogP contribution in [0.25, 0.3) is 0 Å². The summed E-state index contributed by atoms with van der Waals surface area (Å²) in [7, 11) is -3.28. The van der Waals surface area contributed by atoms with Crippen molar-refractivity contribution >= 4 is 15.8 Å². The maximum absolute atomic E-state index is 11.5. The molecule has 90 valence electrons. The van der Waals surface area contributed by atoms with Crippen LogP contribution in [0.5, 0.6) is 0 Å². The molecule has 4 nitrogen and oxygen atoms in total. The van der Waals surface area contributed by atoms with Crippen molar-refractivity contribution in [2.24, 2.45) is 5.92 Å². The Morgan fingerprint density at radius 1 is 1.20 bits per heavy atom. The predicted octanol–water partition coefficient (Wildman–Crippen LogP) is 1.27. The molecule has 0 atom stereocenters. The molecular formula is C10H21NO3S. The Balaban J connectivity index is 4.51. The van der Waals surface area contributed by atoms with Crippen LogP contribution in [-0.2, 0) is 14.8 Å². The van der Waals surface area contributed by atoms with Crippen molar-refractivity contribution in [2.45, 2.75) is 40.2 Å². The fourth-order valence-electron chi connectivity index (χ4n) is 1.38. The number of sulfonamides is 1. The smallest absolute Gasteiger partial charge is 0.211 e. The van der Waals surface area contributed by atoms with Crippen LogP contribution in [0, 0.1) is 5.92 Å². The summed E-state index contributed by atoms with van der Waals surface area (Å²) in [6.07, 6.45) is 1.56. The molecule has 0 heterocycles. The van der Waals surface area contributed by atoms with Gasteiger partial charge < -0.3 is 0 Å². The molecule has 0 aliphatic carbocycles. The summed E-state index contributed by atoms with van der Waals surface area (Å²) in [5.41, 5.74) is 0. The van der Waals surface area contributed by atoms with E-state index in [-0.39, 0.29) is 24.3 Å². The third-order valence-electron chi connectivity index (χ3n) is 1.97. The van der Waals surface area contributed by atoms with Crippen molar-refractivity contribution in [3.05, 3.63) is 0 Å². The molecule has 0 spiro atoms. The molecule has 0 aromatic carbocycles. The number of rotatable bonds is 6. The van der Waals surface area contributed by atoms with E-state index in [0.717, 1.165) is 6.26 Å².